The van der Waals surface area contributed by atoms with E-state index in [0.29, 0.717) is 0 Å². The Kier molecular flexibility index (Phi) is 7.43. The maximum Gasteiger partial charge on any atom is 0.273 e. The maximum atomic E-state index is 12.6. The van der Waals surface area contributed by atoms with Crippen molar-refractivity contribution < 1.29 is 13.2 Å². The molecule has 0 atom stereocenters. The second-order valence-corrected chi connectivity index (χ2v) is 9.40. The van der Waals surface area contributed by atoms with Crippen LogP contribution in [0.5, 0.6) is 0 Å². The van der Waals surface area contributed by atoms with Crippen LogP contribution in [0, 0.1) is 0 Å². The number of carbonyl (C=O) groups is 1. The highest BCUT2D eigenvalue weighted by Gasteiger charge is 2.19. The quantitative estimate of drug-likeness (QED) is 0.374. The van der Waals surface area contributed by atoms with Crippen LogP contribution in [0.4, 0.5) is 11.4 Å². The number of thiophene rings is 1. The number of hydrogen-bond donors (Lipinski definition) is 2. The van der Waals surface area contributed by atoms with E-state index in [1.165, 1.54) is 18.2 Å². The lowest BCUT2D eigenvalue weighted by Crippen LogP contribution is -2.21. The third kappa shape index (κ3) is 5.71. The molecule has 31 heavy (non-hydrogen) atoms. The molecular weight excluding hydrogens is 432 g/mol. The van der Waals surface area contributed by atoms with Crippen LogP contribution in [0.2, 0.25) is 0 Å². The number of amides is 1. The average molecular weight is 457 g/mol. The van der Waals surface area contributed by atoms with Gasteiger partial charge in [0.25, 0.3) is 15.9 Å². The second-order valence-electron chi connectivity index (χ2n) is 6.55. The van der Waals surface area contributed by atoms with E-state index in [4.69, 9.17) is 0 Å². The molecule has 2 N–H and O–H groups in total. The zero-order chi connectivity index (χ0) is 22.3. The predicted molar refractivity (Wildman–Crippen MR) is 127 cm³/mol. The van der Waals surface area contributed by atoms with Gasteiger partial charge in [0, 0.05) is 18.8 Å². The molecule has 0 fully saturated rings. The van der Waals surface area contributed by atoms with Crippen LogP contribution in [-0.4, -0.2) is 33.6 Å². The van der Waals surface area contributed by atoms with E-state index in [1.807, 2.05) is 24.3 Å². The van der Waals surface area contributed by atoms with Crippen molar-refractivity contribution >= 4 is 44.9 Å². The summed E-state index contributed by atoms with van der Waals surface area (Å²) in [6, 6.07) is 17.4. The summed E-state index contributed by atoms with van der Waals surface area (Å²) in [5, 5.41) is 5.68. The fourth-order valence-corrected chi connectivity index (χ4v) is 5.04. The second kappa shape index (κ2) is 10.2. The normalized spacial score (nSPS) is 11.4. The summed E-state index contributed by atoms with van der Waals surface area (Å²) < 4.78 is 27.6. The first-order valence-electron chi connectivity index (χ1n) is 9.78. The molecule has 3 aromatic rings. The Morgan fingerprint density at radius 1 is 1.03 bits per heavy atom. The molecule has 0 bridgehead atoms. The maximum absolute atomic E-state index is 12.6. The molecule has 1 heterocycles. The molecule has 1 amide bonds. The van der Waals surface area contributed by atoms with E-state index in [1.54, 1.807) is 29.8 Å². The summed E-state index contributed by atoms with van der Waals surface area (Å²) in [7, 11) is -3.76. The predicted octanol–water partition coefficient (Wildman–Crippen LogP) is 4.16. The number of nitrogens with one attached hydrogen (secondary N) is 2. The molecule has 162 valence electrons. The molecule has 1 aromatic heterocycles. The third-order valence-electron chi connectivity index (χ3n) is 4.58. The molecule has 0 spiro atoms. The van der Waals surface area contributed by atoms with Crippen molar-refractivity contribution in [1.82, 2.24) is 5.43 Å². The third-order valence-corrected chi connectivity index (χ3v) is 7.34. The Morgan fingerprint density at radius 2 is 1.74 bits per heavy atom. The van der Waals surface area contributed by atoms with Gasteiger partial charge in [-0.1, -0.05) is 30.3 Å². The molecule has 0 unspecified atom stereocenters. The summed E-state index contributed by atoms with van der Waals surface area (Å²) in [6.07, 6.45) is 1.54. The van der Waals surface area contributed by atoms with Gasteiger partial charge in [0.15, 0.2) is 0 Å². The Bertz CT molecular complexity index is 1140. The van der Waals surface area contributed by atoms with Crippen molar-refractivity contribution in [2.24, 2.45) is 5.10 Å². The first-order valence-corrected chi connectivity index (χ1v) is 12.1. The van der Waals surface area contributed by atoms with Crippen molar-refractivity contribution in [3.63, 3.8) is 0 Å². The molecule has 0 aliphatic heterocycles. The van der Waals surface area contributed by atoms with Gasteiger partial charge in [-0.3, -0.25) is 9.52 Å². The molecule has 0 aliphatic carbocycles. The van der Waals surface area contributed by atoms with Crippen LogP contribution in [-0.2, 0) is 10.0 Å². The van der Waals surface area contributed by atoms with Crippen LogP contribution >= 0.6 is 11.3 Å². The molecule has 7 nitrogen and oxygen atoms in total. The first-order chi connectivity index (χ1) is 14.9. The number of nitrogens with zero attached hydrogens (tertiary/aromatic N) is 2. The van der Waals surface area contributed by atoms with Gasteiger partial charge in [0.05, 0.1) is 17.5 Å². The van der Waals surface area contributed by atoms with Crippen LogP contribution in [0.1, 0.15) is 29.8 Å². The summed E-state index contributed by atoms with van der Waals surface area (Å²) in [4.78, 5) is 14.8. The van der Waals surface area contributed by atoms with E-state index in [0.717, 1.165) is 35.7 Å². The van der Waals surface area contributed by atoms with Crippen LogP contribution in [0.25, 0.3) is 0 Å². The smallest absolute Gasteiger partial charge is 0.273 e. The number of sulfonamides is 1. The number of hydrazone groups is 1. The number of benzene rings is 2. The van der Waals surface area contributed by atoms with Gasteiger partial charge in [-0.05, 0) is 55.1 Å². The van der Waals surface area contributed by atoms with E-state index in [-0.39, 0.29) is 15.5 Å². The minimum Gasteiger partial charge on any atom is -0.372 e. The molecule has 0 saturated carbocycles. The van der Waals surface area contributed by atoms with Crippen LogP contribution in [0.3, 0.4) is 0 Å². The number of hydrogen-bond acceptors (Lipinski definition) is 6. The molecule has 0 radical (unpaired) electrons. The van der Waals surface area contributed by atoms with Crippen molar-refractivity contribution in [2.45, 2.75) is 18.1 Å². The Labute approximate surface area is 186 Å². The number of para-hydroxylation sites is 1. The van der Waals surface area contributed by atoms with Crippen molar-refractivity contribution in [3.05, 3.63) is 77.2 Å². The fourth-order valence-electron chi connectivity index (χ4n) is 2.97. The van der Waals surface area contributed by atoms with Gasteiger partial charge >= 0.3 is 0 Å². The summed E-state index contributed by atoms with van der Waals surface area (Å²) in [5.41, 5.74) is 4.78. The van der Waals surface area contributed by atoms with Gasteiger partial charge < -0.3 is 4.90 Å². The summed E-state index contributed by atoms with van der Waals surface area (Å²) in [6.45, 7) is 6.06. The number of rotatable bonds is 9. The number of anilines is 2. The van der Waals surface area contributed by atoms with Crippen LogP contribution < -0.4 is 15.0 Å². The summed E-state index contributed by atoms with van der Waals surface area (Å²) >= 11 is 1.10. The minimum atomic E-state index is -3.76. The molecule has 0 aliphatic rings. The van der Waals surface area contributed by atoms with Gasteiger partial charge in [-0.25, -0.2) is 13.8 Å². The minimum absolute atomic E-state index is 0.175. The topological polar surface area (TPSA) is 90.9 Å². The lowest BCUT2D eigenvalue weighted by molar-refractivity contribution is 0.0956. The monoisotopic (exact) mass is 456 g/mol. The SMILES string of the molecule is CCN(CC)c1ccc(C=NNC(=O)c2ccccc2NS(=O)(=O)c2cccs2)cc1. The number of carbonyl (C=O) groups excluding carboxylic acids is 1. The highest BCUT2D eigenvalue weighted by atomic mass is 32.2. The highest BCUT2D eigenvalue weighted by Crippen LogP contribution is 2.23. The summed E-state index contributed by atoms with van der Waals surface area (Å²) in [5.74, 6) is -0.513. The Morgan fingerprint density at radius 3 is 2.39 bits per heavy atom. The largest absolute Gasteiger partial charge is 0.372 e. The van der Waals surface area contributed by atoms with Crippen molar-refractivity contribution in [2.75, 3.05) is 22.7 Å². The van der Waals surface area contributed by atoms with E-state index >= 15 is 0 Å². The zero-order valence-electron chi connectivity index (χ0n) is 17.3. The molecule has 9 heteroatoms. The lowest BCUT2D eigenvalue weighted by Gasteiger charge is -2.20. The molecule has 0 saturated heterocycles. The Hall–Kier alpha value is -3.17. The zero-order valence-corrected chi connectivity index (χ0v) is 18.9. The van der Waals surface area contributed by atoms with Crippen molar-refractivity contribution in [1.29, 1.82) is 0 Å². The van der Waals surface area contributed by atoms with E-state index in [2.05, 4.69) is 34.0 Å². The fraction of sp³-hybridized carbons (Fsp3) is 0.182. The van der Waals surface area contributed by atoms with Gasteiger partial charge in [0.1, 0.15) is 4.21 Å². The lowest BCUT2D eigenvalue weighted by atomic mass is 10.2. The van der Waals surface area contributed by atoms with Crippen molar-refractivity contribution in [3.8, 4) is 0 Å². The standard InChI is InChI=1S/C22H24N4O3S2/c1-3-26(4-2)18-13-11-17(12-14-18)16-23-24-22(27)19-8-5-6-9-20(19)25-31(28,29)21-10-7-15-30-21/h5-16,25H,3-4H2,1-2H3,(H,24,27). The molecule has 2 aromatic carbocycles. The van der Waals surface area contributed by atoms with Gasteiger partial charge in [0.2, 0.25) is 0 Å². The van der Waals surface area contributed by atoms with E-state index < -0.39 is 15.9 Å². The van der Waals surface area contributed by atoms with Gasteiger partial charge in [-0.2, -0.15) is 5.10 Å². The first kappa shape index (κ1) is 22.5. The van der Waals surface area contributed by atoms with Gasteiger partial charge in [-0.15, -0.1) is 11.3 Å². The average Bonchev–Trinajstić information content (AvgIpc) is 3.32. The Balaban J connectivity index is 1.69. The van der Waals surface area contributed by atoms with Crippen LogP contribution in [0.15, 0.2) is 75.4 Å². The molecule has 3 rings (SSSR count). The van der Waals surface area contributed by atoms with E-state index in [9.17, 15) is 13.2 Å². The molecular formula is C22H24N4O3S2. The highest BCUT2D eigenvalue weighted by molar-refractivity contribution is 7.94.